The Labute approximate surface area is 115 Å². The number of benzene rings is 1. The van der Waals surface area contributed by atoms with E-state index in [0.29, 0.717) is 0 Å². The van der Waals surface area contributed by atoms with E-state index in [1.807, 2.05) is 12.1 Å². The first-order valence-electron chi connectivity index (χ1n) is 6.05. The van der Waals surface area contributed by atoms with Crippen LogP contribution in [0.3, 0.4) is 0 Å². The third-order valence-electron chi connectivity index (χ3n) is 3.24. The van der Waals surface area contributed by atoms with Gasteiger partial charge in [0.15, 0.2) is 4.67 Å². The quantitative estimate of drug-likeness (QED) is 0.927. The second-order valence-electron chi connectivity index (χ2n) is 4.68. The van der Waals surface area contributed by atoms with Crippen molar-refractivity contribution in [3.63, 3.8) is 0 Å². The zero-order valence-electron chi connectivity index (χ0n) is 9.97. The second-order valence-corrected chi connectivity index (χ2v) is 5.46. The summed E-state index contributed by atoms with van der Waals surface area (Å²) in [4.78, 5) is 2.29. The molecule has 2 aromatic rings. The van der Waals surface area contributed by atoms with Gasteiger partial charge < -0.3 is 15.1 Å². The van der Waals surface area contributed by atoms with Gasteiger partial charge in [-0.05, 0) is 46.1 Å². The number of rotatable bonds is 2. The van der Waals surface area contributed by atoms with Crippen molar-refractivity contribution in [3.8, 4) is 0 Å². The number of hydrogen-bond acceptors (Lipinski definition) is 3. The molecule has 2 heterocycles. The summed E-state index contributed by atoms with van der Waals surface area (Å²) < 4.78 is 6.34. The number of para-hydroxylation sites is 1. The lowest BCUT2D eigenvalue weighted by Gasteiger charge is -2.34. The molecule has 0 radical (unpaired) electrons. The van der Waals surface area contributed by atoms with Crippen LogP contribution in [0.4, 0.5) is 5.69 Å². The average molecular weight is 307 g/mol. The molecular weight excluding hydrogens is 292 g/mol. The maximum Gasteiger partial charge on any atom is 0.169 e. The summed E-state index contributed by atoms with van der Waals surface area (Å²) in [5, 5.41) is 0. The molecule has 1 aliphatic rings. The fraction of sp³-hybridized carbons (Fsp3) is 0.286. The van der Waals surface area contributed by atoms with Crippen LogP contribution in [-0.4, -0.2) is 12.6 Å². The smallest absolute Gasteiger partial charge is 0.169 e. The number of nitrogens with two attached hydrogens (primary N) is 1. The summed E-state index contributed by atoms with van der Waals surface area (Å²) >= 11 is 3.33. The molecule has 0 aliphatic carbocycles. The zero-order valence-corrected chi connectivity index (χ0v) is 11.6. The molecule has 1 aromatic carbocycles. The Morgan fingerprint density at radius 1 is 1.28 bits per heavy atom. The zero-order chi connectivity index (χ0) is 12.5. The van der Waals surface area contributed by atoms with Gasteiger partial charge in [0, 0.05) is 18.3 Å². The molecule has 2 N–H and O–H groups in total. The van der Waals surface area contributed by atoms with E-state index in [1.54, 1.807) is 0 Å². The number of fused-ring (bicyclic) bond motifs is 1. The normalized spacial score (nSPS) is 18.8. The van der Waals surface area contributed by atoms with E-state index in [1.165, 1.54) is 11.3 Å². The van der Waals surface area contributed by atoms with Gasteiger partial charge in [0.25, 0.3) is 0 Å². The van der Waals surface area contributed by atoms with Crippen molar-refractivity contribution < 1.29 is 4.42 Å². The van der Waals surface area contributed by atoms with Gasteiger partial charge in [0.05, 0.1) is 6.54 Å². The van der Waals surface area contributed by atoms with Gasteiger partial charge >= 0.3 is 0 Å². The van der Waals surface area contributed by atoms with E-state index in [-0.39, 0.29) is 6.04 Å². The molecule has 1 atom stereocenters. The Morgan fingerprint density at radius 2 is 2.11 bits per heavy atom. The van der Waals surface area contributed by atoms with Gasteiger partial charge in [-0.15, -0.1) is 0 Å². The van der Waals surface area contributed by atoms with Crippen molar-refractivity contribution in [2.75, 3.05) is 11.4 Å². The molecule has 0 spiro atoms. The predicted octanol–water partition coefficient (Wildman–Crippen LogP) is 2.93. The van der Waals surface area contributed by atoms with Crippen molar-refractivity contribution in [2.24, 2.45) is 5.73 Å². The first kappa shape index (κ1) is 11.8. The third kappa shape index (κ3) is 2.31. The largest absolute Gasteiger partial charge is 0.452 e. The highest BCUT2D eigenvalue weighted by Crippen LogP contribution is 2.28. The van der Waals surface area contributed by atoms with Gasteiger partial charge in [-0.3, -0.25) is 0 Å². The van der Waals surface area contributed by atoms with Crippen LogP contribution < -0.4 is 10.6 Å². The molecule has 0 fully saturated rings. The predicted molar refractivity (Wildman–Crippen MR) is 75.6 cm³/mol. The molecule has 18 heavy (non-hydrogen) atoms. The van der Waals surface area contributed by atoms with Gasteiger partial charge in [0.1, 0.15) is 5.76 Å². The minimum atomic E-state index is 0.193. The van der Waals surface area contributed by atoms with E-state index >= 15 is 0 Å². The average Bonchev–Trinajstić information content (AvgIpc) is 2.74. The van der Waals surface area contributed by atoms with Crippen LogP contribution in [0.15, 0.2) is 45.5 Å². The van der Waals surface area contributed by atoms with Crippen LogP contribution in [0.1, 0.15) is 11.3 Å². The molecule has 3 rings (SSSR count). The Balaban J connectivity index is 1.88. The van der Waals surface area contributed by atoms with Crippen LogP contribution in [0.5, 0.6) is 0 Å². The van der Waals surface area contributed by atoms with E-state index < -0.39 is 0 Å². The van der Waals surface area contributed by atoms with Crippen molar-refractivity contribution in [1.82, 2.24) is 0 Å². The summed E-state index contributed by atoms with van der Waals surface area (Å²) in [5.74, 6) is 0.950. The van der Waals surface area contributed by atoms with Crippen molar-refractivity contribution >= 4 is 21.6 Å². The van der Waals surface area contributed by atoms with Crippen LogP contribution in [-0.2, 0) is 13.0 Å². The van der Waals surface area contributed by atoms with Gasteiger partial charge in [-0.2, -0.15) is 0 Å². The fourth-order valence-corrected chi connectivity index (χ4v) is 2.84. The molecule has 1 aliphatic heterocycles. The Bertz CT molecular complexity index is 552. The summed E-state index contributed by atoms with van der Waals surface area (Å²) in [6.45, 7) is 1.63. The van der Waals surface area contributed by atoms with Crippen LogP contribution in [0.25, 0.3) is 0 Å². The van der Waals surface area contributed by atoms with Gasteiger partial charge in [0.2, 0.25) is 0 Å². The first-order chi connectivity index (χ1) is 8.72. The number of furan rings is 1. The molecular formula is C14H15BrN2O. The second kappa shape index (κ2) is 4.78. The minimum Gasteiger partial charge on any atom is -0.452 e. The summed E-state index contributed by atoms with van der Waals surface area (Å²) in [5.41, 5.74) is 8.71. The fourth-order valence-electron chi connectivity index (χ4n) is 2.49. The lowest BCUT2D eigenvalue weighted by molar-refractivity contribution is 0.473. The standard InChI is InChI=1S/C14H15BrN2O/c15-14-6-5-12(18-14)9-17-8-11(16)7-10-3-1-2-4-13(10)17/h1-6,11H,7-9,16H2. The molecule has 3 nitrogen and oxygen atoms in total. The lowest BCUT2D eigenvalue weighted by Crippen LogP contribution is -2.42. The molecule has 94 valence electrons. The van der Waals surface area contributed by atoms with Gasteiger partial charge in [-0.25, -0.2) is 0 Å². The number of nitrogens with zero attached hydrogens (tertiary/aromatic N) is 1. The molecule has 0 saturated carbocycles. The monoisotopic (exact) mass is 306 g/mol. The first-order valence-corrected chi connectivity index (χ1v) is 6.84. The number of anilines is 1. The highest BCUT2D eigenvalue weighted by Gasteiger charge is 2.22. The van der Waals surface area contributed by atoms with Gasteiger partial charge in [-0.1, -0.05) is 18.2 Å². The molecule has 4 heteroatoms. The maximum absolute atomic E-state index is 6.12. The van der Waals surface area contributed by atoms with Crippen LogP contribution in [0.2, 0.25) is 0 Å². The number of hydrogen-bond donors (Lipinski definition) is 1. The summed E-state index contributed by atoms with van der Waals surface area (Å²) in [6.07, 6.45) is 0.953. The molecule has 0 bridgehead atoms. The third-order valence-corrected chi connectivity index (χ3v) is 3.67. The highest BCUT2D eigenvalue weighted by atomic mass is 79.9. The summed E-state index contributed by atoms with van der Waals surface area (Å²) in [6, 6.07) is 12.5. The molecule has 0 saturated heterocycles. The van der Waals surface area contributed by atoms with Crippen molar-refractivity contribution in [3.05, 3.63) is 52.4 Å². The van der Waals surface area contributed by atoms with E-state index in [9.17, 15) is 0 Å². The Hall–Kier alpha value is -1.26. The molecule has 1 aromatic heterocycles. The maximum atomic E-state index is 6.12. The highest BCUT2D eigenvalue weighted by molar-refractivity contribution is 9.10. The van der Waals surface area contributed by atoms with E-state index in [4.69, 9.17) is 10.2 Å². The van der Waals surface area contributed by atoms with E-state index in [2.05, 4.69) is 45.1 Å². The summed E-state index contributed by atoms with van der Waals surface area (Å²) in [7, 11) is 0. The van der Waals surface area contributed by atoms with Crippen molar-refractivity contribution in [1.29, 1.82) is 0 Å². The molecule has 0 amide bonds. The Morgan fingerprint density at radius 3 is 2.89 bits per heavy atom. The van der Waals surface area contributed by atoms with Crippen LogP contribution >= 0.6 is 15.9 Å². The van der Waals surface area contributed by atoms with E-state index in [0.717, 1.165) is 29.9 Å². The Kier molecular flexibility index (Phi) is 3.14. The minimum absolute atomic E-state index is 0.193. The molecule has 1 unspecified atom stereocenters. The number of halogens is 1. The van der Waals surface area contributed by atoms with Crippen LogP contribution in [0, 0.1) is 0 Å². The lowest BCUT2D eigenvalue weighted by atomic mass is 9.98. The SMILES string of the molecule is NC1Cc2ccccc2N(Cc2ccc(Br)o2)C1. The topological polar surface area (TPSA) is 42.4 Å². The van der Waals surface area contributed by atoms with Crippen molar-refractivity contribution in [2.45, 2.75) is 19.0 Å².